The first kappa shape index (κ1) is 14.1. The molecule has 2 atom stereocenters. The fourth-order valence-electron chi connectivity index (χ4n) is 1.92. The first-order valence-corrected chi connectivity index (χ1v) is 7.90. The number of rotatable bonds is 4. The maximum absolute atomic E-state index is 12.1. The molecule has 0 bridgehead atoms. The molecule has 104 valence electrons. The molecular weight excluding hydrogens is 286 g/mol. The summed E-state index contributed by atoms with van der Waals surface area (Å²) in [5.41, 5.74) is 2.48. The number of carbonyl (C=O) groups excluding carboxylic acids is 1. The van der Waals surface area contributed by atoms with E-state index < -0.39 is 12.0 Å². The first-order valence-electron chi connectivity index (χ1n) is 5.91. The lowest BCUT2D eigenvalue weighted by Gasteiger charge is -2.26. The van der Waals surface area contributed by atoms with E-state index in [2.05, 4.69) is 10.3 Å². The van der Waals surface area contributed by atoms with E-state index >= 15 is 0 Å². The zero-order valence-electron chi connectivity index (χ0n) is 10.4. The van der Waals surface area contributed by atoms with Crippen molar-refractivity contribution in [2.75, 3.05) is 5.75 Å². The second kappa shape index (κ2) is 6.25. The summed E-state index contributed by atoms with van der Waals surface area (Å²) in [6, 6.07) is -1.08. The third-order valence-corrected chi connectivity index (χ3v) is 4.95. The lowest BCUT2D eigenvalue weighted by Crippen LogP contribution is -2.49. The summed E-state index contributed by atoms with van der Waals surface area (Å²) in [5.74, 6) is -0.509. The molecule has 2 unspecified atom stereocenters. The zero-order chi connectivity index (χ0) is 13.8. The molecular formula is C11H15N3O3S2. The molecule has 0 spiro atoms. The number of hydrogen-bond acceptors (Lipinski definition) is 5. The molecule has 0 saturated carbocycles. The summed E-state index contributed by atoms with van der Waals surface area (Å²) >= 11 is 2.97. The van der Waals surface area contributed by atoms with Gasteiger partial charge in [0.1, 0.15) is 6.04 Å². The minimum absolute atomic E-state index is 0.0727. The number of urea groups is 1. The van der Waals surface area contributed by atoms with Gasteiger partial charge in [-0.2, -0.15) is 0 Å². The molecule has 19 heavy (non-hydrogen) atoms. The zero-order valence-corrected chi connectivity index (χ0v) is 12.0. The van der Waals surface area contributed by atoms with E-state index in [4.69, 9.17) is 5.11 Å². The van der Waals surface area contributed by atoms with E-state index in [-0.39, 0.29) is 11.4 Å². The minimum atomic E-state index is -0.952. The van der Waals surface area contributed by atoms with E-state index in [1.807, 2.05) is 12.3 Å². The molecule has 6 nitrogen and oxygen atoms in total. The van der Waals surface area contributed by atoms with Crippen LogP contribution in [0.2, 0.25) is 0 Å². The Balaban J connectivity index is 2.00. The van der Waals surface area contributed by atoms with Crippen LogP contribution in [0.5, 0.6) is 0 Å². The van der Waals surface area contributed by atoms with E-state index in [9.17, 15) is 9.59 Å². The smallest absolute Gasteiger partial charge is 0.327 e. The predicted molar refractivity (Wildman–Crippen MR) is 74.1 cm³/mol. The number of carbonyl (C=O) groups is 2. The Kier molecular flexibility index (Phi) is 4.65. The molecule has 2 heterocycles. The molecule has 1 saturated heterocycles. The highest BCUT2D eigenvalue weighted by Gasteiger charge is 2.40. The molecule has 1 fully saturated rings. The van der Waals surface area contributed by atoms with Gasteiger partial charge in [-0.15, -0.1) is 23.1 Å². The van der Waals surface area contributed by atoms with Crippen LogP contribution < -0.4 is 5.32 Å². The van der Waals surface area contributed by atoms with Crippen LogP contribution in [0.25, 0.3) is 0 Å². The van der Waals surface area contributed by atoms with Gasteiger partial charge in [0.15, 0.2) is 0 Å². The van der Waals surface area contributed by atoms with Gasteiger partial charge >= 0.3 is 12.0 Å². The third kappa shape index (κ3) is 3.19. The molecule has 0 radical (unpaired) electrons. The summed E-state index contributed by atoms with van der Waals surface area (Å²) in [7, 11) is 0. The van der Waals surface area contributed by atoms with Crippen LogP contribution in [0.3, 0.4) is 0 Å². The molecule has 2 amide bonds. The van der Waals surface area contributed by atoms with Crippen molar-refractivity contribution in [1.82, 2.24) is 15.2 Å². The fourth-order valence-corrected chi connectivity index (χ4v) is 3.83. The van der Waals surface area contributed by atoms with Gasteiger partial charge in [0, 0.05) is 11.1 Å². The summed E-state index contributed by atoms with van der Waals surface area (Å²) in [6.07, 6.45) is 0.735. The van der Waals surface area contributed by atoms with Crippen molar-refractivity contribution >= 4 is 35.1 Å². The van der Waals surface area contributed by atoms with Crippen LogP contribution >= 0.6 is 23.1 Å². The minimum Gasteiger partial charge on any atom is -0.480 e. The molecule has 2 N–H and O–H groups in total. The summed E-state index contributed by atoms with van der Waals surface area (Å²) in [5, 5.41) is 13.7. The normalized spacial score (nSPS) is 22.5. The van der Waals surface area contributed by atoms with Gasteiger partial charge < -0.3 is 10.4 Å². The van der Waals surface area contributed by atoms with Gasteiger partial charge in [-0.05, 0) is 6.42 Å². The van der Waals surface area contributed by atoms with Crippen molar-refractivity contribution in [2.45, 2.75) is 31.3 Å². The van der Waals surface area contributed by atoms with Crippen molar-refractivity contribution < 1.29 is 14.7 Å². The molecule has 8 heteroatoms. The third-order valence-electron chi connectivity index (χ3n) is 2.87. The van der Waals surface area contributed by atoms with Crippen molar-refractivity contribution in [3.05, 3.63) is 16.6 Å². The van der Waals surface area contributed by atoms with Crippen molar-refractivity contribution in [1.29, 1.82) is 0 Å². The van der Waals surface area contributed by atoms with Crippen molar-refractivity contribution in [3.63, 3.8) is 0 Å². The van der Waals surface area contributed by atoms with E-state index in [0.29, 0.717) is 12.3 Å². The average Bonchev–Trinajstić information content (AvgIpc) is 3.04. The lowest BCUT2D eigenvalue weighted by atomic mass is 10.3. The van der Waals surface area contributed by atoms with E-state index in [1.165, 1.54) is 28.0 Å². The van der Waals surface area contributed by atoms with Crippen LogP contribution in [-0.4, -0.2) is 44.2 Å². The van der Waals surface area contributed by atoms with Crippen molar-refractivity contribution in [3.8, 4) is 0 Å². The Hall–Kier alpha value is -1.28. The Morgan fingerprint density at radius 2 is 2.42 bits per heavy atom. The van der Waals surface area contributed by atoms with Crippen molar-refractivity contribution in [2.24, 2.45) is 0 Å². The van der Waals surface area contributed by atoms with E-state index in [0.717, 1.165) is 12.1 Å². The van der Waals surface area contributed by atoms with Crippen LogP contribution in [0, 0.1) is 0 Å². The second-order valence-electron chi connectivity index (χ2n) is 4.10. The number of carboxylic acids is 1. The Bertz CT molecular complexity index is 452. The second-order valence-corrected chi connectivity index (χ2v) is 6.03. The fraction of sp³-hybridized carbons (Fsp3) is 0.545. The van der Waals surface area contributed by atoms with Gasteiger partial charge in [0.2, 0.25) is 0 Å². The number of aromatic nitrogens is 1. The number of nitrogens with one attached hydrogen (secondary N) is 1. The van der Waals surface area contributed by atoms with Gasteiger partial charge in [0.05, 0.1) is 23.1 Å². The maximum atomic E-state index is 12.1. The molecule has 1 aliphatic heterocycles. The number of nitrogens with zero attached hydrogens (tertiary/aromatic N) is 2. The van der Waals surface area contributed by atoms with Gasteiger partial charge in [-0.3, -0.25) is 4.90 Å². The average molecular weight is 301 g/mol. The summed E-state index contributed by atoms with van der Waals surface area (Å²) < 4.78 is 0. The van der Waals surface area contributed by atoms with Gasteiger partial charge in [0.25, 0.3) is 0 Å². The predicted octanol–water partition coefficient (Wildman–Crippen LogP) is 1.59. The molecule has 1 aromatic heterocycles. The Labute approximate surface area is 119 Å². The highest BCUT2D eigenvalue weighted by Crippen LogP contribution is 2.31. The summed E-state index contributed by atoms with van der Waals surface area (Å²) in [4.78, 5) is 28.8. The first-order chi connectivity index (χ1) is 9.13. The molecule has 2 rings (SSSR count). The quantitative estimate of drug-likeness (QED) is 0.882. The molecule has 0 aliphatic carbocycles. The molecule has 0 aromatic carbocycles. The number of hydrogen-bond donors (Lipinski definition) is 2. The number of thioether (sulfide) groups is 1. The van der Waals surface area contributed by atoms with Gasteiger partial charge in [-0.25, -0.2) is 14.6 Å². The largest absolute Gasteiger partial charge is 0.480 e. The highest BCUT2D eigenvalue weighted by atomic mass is 32.2. The van der Waals surface area contributed by atoms with Crippen LogP contribution in [0.4, 0.5) is 4.79 Å². The van der Waals surface area contributed by atoms with Crippen LogP contribution in [0.1, 0.15) is 19.0 Å². The Morgan fingerprint density at radius 1 is 1.63 bits per heavy atom. The lowest BCUT2D eigenvalue weighted by molar-refractivity contribution is -0.141. The monoisotopic (exact) mass is 301 g/mol. The Morgan fingerprint density at radius 3 is 3.00 bits per heavy atom. The number of aliphatic carboxylic acids is 1. The topological polar surface area (TPSA) is 82.5 Å². The highest BCUT2D eigenvalue weighted by molar-refractivity contribution is 8.00. The standard InChI is InChI=1S/C11H15N3O3S2/c1-2-9-14(8(5-19-9)10(15)16)11(17)12-3-7-4-18-6-13-7/h4,6,8-9H,2-3,5H2,1H3,(H,12,17)(H,15,16). The maximum Gasteiger partial charge on any atom is 0.327 e. The van der Waals surface area contributed by atoms with E-state index in [1.54, 1.807) is 5.51 Å². The molecule has 1 aliphatic rings. The van der Waals surface area contributed by atoms with Crippen LogP contribution in [-0.2, 0) is 11.3 Å². The summed E-state index contributed by atoms with van der Waals surface area (Å²) in [6.45, 7) is 2.27. The number of thiazole rings is 1. The number of carboxylic acid groups (broad SMARTS) is 1. The SMILES string of the molecule is CCC1SCC(C(=O)O)N1C(=O)NCc1cscn1. The van der Waals surface area contributed by atoms with Crippen LogP contribution in [0.15, 0.2) is 10.9 Å². The van der Waals surface area contributed by atoms with Gasteiger partial charge in [-0.1, -0.05) is 6.92 Å². The number of amides is 2. The molecule has 1 aromatic rings.